The highest BCUT2D eigenvalue weighted by Gasteiger charge is 2.29. The number of nitrogens with zero attached hydrogens (tertiary/aromatic N) is 4. The largest absolute Gasteiger partial charge is 0.493 e. The van der Waals surface area contributed by atoms with Crippen LogP contribution in [0.5, 0.6) is 5.75 Å². The molecule has 1 fully saturated rings. The van der Waals surface area contributed by atoms with Crippen LogP contribution < -0.4 is 4.74 Å². The molecule has 1 amide bonds. The lowest BCUT2D eigenvalue weighted by Crippen LogP contribution is -2.21. The van der Waals surface area contributed by atoms with Crippen LogP contribution in [0.2, 0.25) is 0 Å². The first kappa shape index (κ1) is 15.6. The maximum atomic E-state index is 12.3. The quantitative estimate of drug-likeness (QED) is 0.735. The molecule has 2 heterocycles. The highest BCUT2D eigenvalue weighted by atomic mass is 16.5. The van der Waals surface area contributed by atoms with Crippen molar-refractivity contribution in [2.75, 3.05) is 21.2 Å². The third-order valence-electron chi connectivity index (χ3n) is 4.44. The Balaban J connectivity index is 1.86. The van der Waals surface area contributed by atoms with E-state index in [1.807, 2.05) is 40.9 Å². The molecule has 0 bridgehead atoms. The molecule has 25 heavy (non-hydrogen) atoms. The molecule has 6 nitrogen and oxygen atoms in total. The number of ether oxygens (including phenoxy) is 1. The lowest BCUT2D eigenvalue weighted by Gasteiger charge is -2.12. The molecule has 0 unspecified atom stereocenters. The number of amides is 1. The Morgan fingerprint density at radius 2 is 2.04 bits per heavy atom. The number of rotatable bonds is 4. The maximum Gasteiger partial charge on any atom is 0.253 e. The number of pyridine rings is 1. The first-order valence-corrected chi connectivity index (χ1v) is 8.34. The van der Waals surface area contributed by atoms with E-state index in [0.717, 1.165) is 29.9 Å². The van der Waals surface area contributed by atoms with Crippen molar-refractivity contribution >= 4 is 11.6 Å². The number of hydrogen-bond donors (Lipinski definition) is 0. The summed E-state index contributed by atoms with van der Waals surface area (Å²) < 4.78 is 7.27. The monoisotopic (exact) mass is 336 g/mol. The van der Waals surface area contributed by atoms with Gasteiger partial charge in [-0.15, -0.1) is 0 Å². The van der Waals surface area contributed by atoms with E-state index in [1.54, 1.807) is 26.1 Å². The first-order valence-electron chi connectivity index (χ1n) is 8.34. The molecule has 1 saturated carbocycles. The minimum atomic E-state index is -0.0242. The molecule has 0 spiro atoms. The Bertz CT molecular complexity index is 957. The lowest BCUT2D eigenvalue weighted by molar-refractivity contribution is 0.0827. The summed E-state index contributed by atoms with van der Waals surface area (Å²) in [6, 6.07) is 11.4. The van der Waals surface area contributed by atoms with Crippen LogP contribution in [0.25, 0.3) is 16.9 Å². The van der Waals surface area contributed by atoms with E-state index in [2.05, 4.69) is 4.98 Å². The molecule has 4 rings (SSSR count). The van der Waals surface area contributed by atoms with Gasteiger partial charge in [0.2, 0.25) is 0 Å². The standard InChI is InChI=1S/C19H20N4O2/c1-22(2)19(24)14-6-4-5-13(11-14)15-9-10-16(25-3)18-20-17(12-7-8-12)21-23(15)18/h4-6,9-12H,7-8H2,1-3H3. The van der Waals surface area contributed by atoms with Crippen molar-refractivity contribution in [2.24, 2.45) is 0 Å². The number of aromatic nitrogens is 3. The normalized spacial score (nSPS) is 13.9. The second kappa shape index (κ2) is 5.88. The van der Waals surface area contributed by atoms with Gasteiger partial charge < -0.3 is 9.64 Å². The molecule has 1 aliphatic rings. The molecule has 0 atom stereocenters. The summed E-state index contributed by atoms with van der Waals surface area (Å²) in [6.07, 6.45) is 2.28. The van der Waals surface area contributed by atoms with E-state index in [9.17, 15) is 4.79 Å². The van der Waals surface area contributed by atoms with Crippen LogP contribution in [0.1, 0.15) is 34.9 Å². The van der Waals surface area contributed by atoms with Crippen molar-refractivity contribution in [3.8, 4) is 17.0 Å². The molecular formula is C19H20N4O2. The van der Waals surface area contributed by atoms with E-state index in [0.29, 0.717) is 22.9 Å². The maximum absolute atomic E-state index is 12.3. The van der Waals surface area contributed by atoms with Crippen molar-refractivity contribution in [3.63, 3.8) is 0 Å². The smallest absolute Gasteiger partial charge is 0.253 e. The number of hydrogen-bond acceptors (Lipinski definition) is 4. The molecule has 128 valence electrons. The Hall–Kier alpha value is -2.89. The molecule has 2 aromatic heterocycles. The summed E-state index contributed by atoms with van der Waals surface area (Å²) in [4.78, 5) is 18.5. The van der Waals surface area contributed by atoms with Crippen LogP contribution in [0.15, 0.2) is 36.4 Å². The van der Waals surface area contributed by atoms with Gasteiger partial charge in [0.1, 0.15) is 0 Å². The van der Waals surface area contributed by atoms with Crippen molar-refractivity contribution < 1.29 is 9.53 Å². The number of methoxy groups -OCH3 is 1. The van der Waals surface area contributed by atoms with Crippen molar-refractivity contribution in [3.05, 3.63) is 47.8 Å². The summed E-state index contributed by atoms with van der Waals surface area (Å²) in [7, 11) is 5.14. The predicted molar refractivity (Wildman–Crippen MR) is 95.0 cm³/mol. The zero-order valence-electron chi connectivity index (χ0n) is 14.6. The van der Waals surface area contributed by atoms with E-state index < -0.39 is 0 Å². The van der Waals surface area contributed by atoms with Crippen LogP contribution >= 0.6 is 0 Å². The number of carbonyl (C=O) groups is 1. The van der Waals surface area contributed by atoms with E-state index in [-0.39, 0.29) is 5.91 Å². The molecule has 0 radical (unpaired) electrons. The minimum Gasteiger partial charge on any atom is -0.493 e. The fraction of sp³-hybridized carbons (Fsp3) is 0.316. The molecular weight excluding hydrogens is 316 g/mol. The van der Waals surface area contributed by atoms with Crippen LogP contribution in [0.3, 0.4) is 0 Å². The topological polar surface area (TPSA) is 59.7 Å². The predicted octanol–water partition coefficient (Wildman–Crippen LogP) is 2.98. The van der Waals surface area contributed by atoms with E-state index in [1.165, 1.54) is 0 Å². The fourth-order valence-electron chi connectivity index (χ4n) is 2.92. The van der Waals surface area contributed by atoms with Gasteiger partial charge in [0.25, 0.3) is 5.91 Å². The van der Waals surface area contributed by atoms with Gasteiger partial charge in [-0.2, -0.15) is 5.10 Å². The van der Waals surface area contributed by atoms with Gasteiger partial charge in [0.15, 0.2) is 17.2 Å². The van der Waals surface area contributed by atoms with Crippen LogP contribution in [-0.2, 0) is 0 Å². The molecule has 0 aliphatic heterocycles. The third-order valence-corrected chi connectivity index (χ3v) is 4.44. The van der Waals surface area contributed by atoms with Crippen molar-refractivity contribution in [1.29, 1.82) is 0 Å². The average molecular weight is 336 g/mol. The van der Waals surface area contributed by atoms with Gasteiger partial charge >= 0.3 is 0 Å². The minimum absolute atomic E-state index is 0.0242. The van der Waals surface area contributed by atoms with Crippen molar-refractivity contribution in [2.45, 2.75) is 18.8 Å². The number of benzene rings is 1. The van der Waals surface area contributed by atoms with Gasteiger partial charge in [-0.25, -0.2) is 9.50 Å². The zero-order chi connectivity index (χ0) is 17.6. The lowest BCUT2D eigenvalue weighted by atomic mass is 10.1. The van der Waals surface area contributed by atoms with Gasteiger partial charge in [0.05, 0.1) is 12.8 Å². The van der Waals surface area contributed by atoms with Crippen molar-refractivity contribution in [1.82, 2.24) is 19.5 Å². The second-order valence-corrected chi connectivity index (χ2v) is 6.55. The second-order valence-electron chi connectivity index (χ2n) is 6.55. The molecule has 1 aromatic carbocycles. The summed E-state index contributed by atoms with van der Waals surface area (Å²) in [5.74, 6) is 2.00. The SMILES string of the molecule is COc1ccc(-c2cccc(C(=O)N(C)C)c2)n2nc(C3CC3)nc12. The molecule has 3 aromatic rings. The summed E-state index contributed by atoms with van der Waals surface area (Å²) in [6.45, 7) is 0. The zero-order valence-corrected chi connectivity index (χ0v) is 14.6. The molecule has 0 N–H and O–H groups in total. The van der Waals surface area contributed by atoms with Crippen LogP contribution in [-0.4, -0.2) is 46.6 Å². The first-order chi connectivity index (χ1) is 12.1. The third kappa shape index (κ3) is 2.73. The van der Waals surface area contributed by atoms with Crippen LogP contribution in [0, 0.1) is 0 Å². The fourth-order valence-corrected chi connectivity index (χ4v) is 2.92. The van der Waals surface area contributed by atoms with Crippen LogP contribution in [0.4, 0.5) is 0 Å². The van der Waals surface area contributed by atoms with Gasteiger partial charge in [-0.1, -0.05) is 12.1 Å². The van der Waals surface area contributed by atoms with E-state index >= 15 is 0 Å². The number of carbonyl (C=O) groups excluding carboxylic acids is 1. The molecule has 6 heteroatoms. The number of fused-ring (bicyclic) bond motifs is 1. The molecule has 0 saturated heterocycles. The Labute approximate surface area is 146 Å². The van der Waals surface area contributed by atoms with Gasteiger partial charge in [-0.3, -0.25) is 4.79 Å². The van der Waals surface area contributed by atoms with Gasteiger partial charge in [-0.05, 0) is 37.1 Å². The highest BCUT2D eigenvalue weighted by molar-refractivity contribution is 5.95. The van der Waals surface area contributed by atoms with E-state index in [4.69, 9.17) is 9.84 Å². The summed E-state index contributed by atoms with van der Waals surface area (Å²) >= 11 is 0. The summed E-state index contributed by atoms with van der Waals surface area (Å²) in [5, 5.41) is 4.70. The summed E-state index contributed by atoms with van der Waals surface area (Å²) in [5.41, 5.74) is 3.18. The Kier molecular flexibility index (Phi) is 3.67. The molecule has 1 aliphatic carbocycles. The average Bonchev–Trinajstić information content (AvgIpc) is 3.38. The Morgan fingerprint density at radius 1 is 1.24 bits per heavy atom. The van der Waals surface area contributed by atoms with Gasteiger partial charge in [0, 0.05) is 31.1 Å². The Morgan fingerprint density at radius 3 is 2.72 bits per heavy atom. The highest BCUT2D eigenvalue weighted by Crippen LogP contribution is 2.39.